The number of aromatic hydroxyl groups is 1. The Labute approximate surface area is 643 Å². The molecule has 20 aromatic rings. The van der Waals surface area contributed by atoms with E-state index < -0.39 is 0 Å². The van der Waals surface area contributed by atoms with Gasteiger partial charge in [-0.05, 0) is 204 Å². The van der Waals surface area contributed by atoms with Gasteiger partial charge >= 0.3 is 0 Å². The number of hydrogen-bond donors (Lipinski definition) is 1. The molecule has 0 saturated heterocycles. The zero-order chi connectivity index (χ0) is 72.1. The molecule has 20 rings (SSSR count). The van der Waals surface area contributed by atoms with Crippen LogP contribution in [0.1, 0.15) is 0 Å². The first-order valence-electron chi connectivity index (χ1n) is 35.3. The van der Waals surface area contributed by atoms with Crippen molar-refractivity contribution < 1.29 is 9.84 Å². The molecule has 0 bridgehead atoms. The van der Waals surface area contributed by atoms with Crippen LogP contribution < -0.4 is 4.74 Å². The Morgan fingerprint density at radius 2 is 0.495 bits per heavy atom. The molecule has 6 nitrogen and oxygen atoms in total. The van der Waals surface area contributed by atoms with Crippen LogP contribution in [0, 0.1) is 0 Å². The van der Waals surface area contributed by atoms with Crippen molar-refractivity contribution in [1.29, 1.82) is 0 Å². The number of rotatable bonds is 9. The van der Waals surface area contributed by atoms with E-state index in [0.29, 0.717) is 5.56 Å². The van der Waals surface area contributed by atoms with Crippen molar-refractivity contribution in [3.05, 3.63) is 352 Å². The zero-order valence-corrected chi connectivity index (χ0v) is 63.4. The fraction of sp³-hybridized carbons (Fsp3) is 0.0103. The van der Waals surface area contributed by atoms with Gasteiger partial charge in [0.1, 0.15) is 15.5 Å². The Hall–Kier alpha value is -11.8. The average molecular weight is 1590 g/mol. The third-order valence-corrected chi connectivity index (χ3v) is 20.5. The molecular formula is C97H62Br3N4O2P. The van der Waals surface area contributed by atoms with E-state index in [1.807, 2.05) is 54.6 Å². The second kappa shape index (κ2) is 28.9. The lowest BCUT2D eigenvalue weighted by molar-refractivity contribution is 0.416. The third kappa shape index (κ3) is 12.6. The number of methoxy groups -OCH3 is 1. The summed E-state index contributed by atoms with van der Waals surface area (Å²) in [5.74, 6) is 1.01. The number of phenols is 1. The zero-order valence-electron chi connectivity index (χ0n) is 57.7. The van der Waals surface area contributed by atoms with Gasteiger partial charge in [0.05, 0.1) is 52.0 Å². The van der Waals surface area contributed by atoms with Crippen molar-refractivity contribution in [1.82, 2.24) is 19.9 Å². The molecule has 0 aliphatic carbocycles. The number of ether oxygens (including phenoxy) is 1. The highest BCUT2D eigenvalue weighted by molar-refractivity contribution is 9.93. The molecule has 0 saturated carbocycles. The largest absolute Gasteiger partial charge is 0.507 e. The van der Waals surface area contributed by atoms with Crippen LogP contribution in [0.15, 0.2) is 352 Å². The van der Waals surface area contributed by atoms with Crippen LogP contribution in [0.5, 0.6) is 11.5 Å². The van der Waals surface area contributed by atoms with Gasteiger partial charge in [0, 0.05) is 43.8 Å². The summed E-state index contributed by atoms with van der Waals surface area (Å²) in [5, 5.41) is 29.6. The maximum atomic E-state index is 10.5. The van der Waals surface area contributed by atoms with E-state index in [2.05, 4.69) is 338 Å². The number of fused-ring (bicyclic) bond motifs is 12. The predicted octanol–water partition coefficient (Wildman–Crippen LogP) is 28.9. The molecule has 0 unspecified atom stereocenters. The van der Waals surface area contributed by atoms with E-state index in [9.17, 15) is 5.11 Å². The van der Waals surface area contributed by atoms with E-state index in [1.54, 1.807) is 13.2 Å². The highest BCUT2D eigenvalue weighted by atomic mass is 80.0. The number of aromatic nitrogens is 4. The Morgan fingerprint density at radius 3 is 0.869 bits per heavy atom. The lowest BCUT2D eigenvalue weighted by Crippen LogP contribution is -1.93. The van der Waals surface area contributed by atoms with Crippen LogP contribution >= 0.6 is 50.5 Å². The van der Waals surface area contributed by atoms with Crippen molar-refractivity contribution >= 4 is 159 Å². The Morgan fingerprint density at radius 1 is 0.234 bits per heavy atom. The van der Waals surface area contributed by atoms with Crippen LogP contribution in [-0.4, -0.2) is 32.2 Å². The summed E-state index contributed by atoms with van der Waals surface area (Å²) in [6.07, 6.45) is 0. The molecule has 0 aliphatic rings. The molecule has 0 radical (unpaired) electrons. The van der Waals surface area contributed by atoms with Crippen molar-refractivity contribution in [2.24, 2.45) is 0 Å². The summed E-state index contributed by atoms with van der Waals surface area (Å²) in [4.78, 5) is 20.5. The van der Waals surface area contributed by atoms with Gasteiger partial charge in [-0.25, -0.2) is 19.9 Å². The molecule has 0 fully saturated rings. The molecular weight excluding hydrogens is 1520 g/mol. The Balaban J connectivity index is 0.000000144. The molecule has 4 heterocycles. The average Bonchev–Trinajstić information content (AvgIpc) is 0.735. The number of hydrogen-bond acceptors (Lipinski definition) is 6. The maximum Gasteiger partial charge on any atom is 0.128 e. The molecule has 107 heavy (non-hydrogen) atoms. The molecule has 0 spiro atoms. The molecule has 10 heteroatoms. The number of phenolic OH excluding ortho intramolecular Hbond substituents is 1. The fourth-order valence-corrected chi connectivity index (χ4v) is 15.7. The summed E-state index contributed by atoms with van der Waals surface area (Å²) >= 11 is 9.51. The highest BCUT2D eigenvalue weighted by Gasteiger charge is 2.22. The lowest BCUT2D eigenvalue weighted by Gasteiger charge is -2.19. The molecule has 0 atom stereocenters. The second-order valence-electron chi connectivity index (χ2n) is 26.5. The van der Waals surface area contributed by atoms with Crippen LogP contribution in [0.25, 0.3) is 198 Å². The monoisotopic (exact) mass is 1580 g/mol. The number of nitrogens with zero attached hydrogens (tertiary/aromatic N) is 4. The minimum atomic E-state index is -0.183. The lowest BCUT2D eigenvalue weighted by atomic mass is 9.84. The van der Waals surface area contributed by atoms with Crippen molar-refractivity contribution in [2.45, 2.75) is 0 Å². The molecule has 0 amide bonds. The Bertz CT molecular complexity index is 6760. The summed E-state index contributed by atoms with van der Waals surface area (Å²) < 4.78 is 5.47. The van der Waals surface area contributed by atoms with Crippen LogP contribution in [0.2, 0.25) is 0 Å². The maximum absolute atomic E-state index is 10.5. The third-order valence-electron chi connectivity index (χ3n) is 20.5. The van der Waals surface area contributed by atoms with Gasteiger partial charge in [-0.2, -0.15) is 0 Å². The first-order valence-corrected chi connectivity index (χ1v) is 42.7. The van der Waals surface area contributed by atoms with Crippen LogP contribution in [0.4, 0.5) is 0 Å². The first-order chi connectivity index (χ1) is 52.7. The van der Waals surface area contributed by atoms with Crippen molar-refractivity contribution in [3.8, 4) is 101 Å². The van der Waals surface area contributed by atoms with E-state index in [4.69, 9.17) is 24.7 Å². The normalized spacial score (nSPS) is 11.5. The number of halogens is 3. The first kappa shape index (κ1) is 67.1. The molecule has 16 aromatic carbocycles. The SMILES string of the molecule is BrP(Br)Br.COc1ccccc1-c1ccc2ccc3ccc(-c4ccc(-c5c6ccccc6c(-c6cccc7ccccc67)c6ccccc56)cc4)nc3c2n1.Oc1ccccc1-c1ccc2ccc3ccc(-c4ccc(-c5c6ccccc6c(-c6cccc7ccccc67)c6ccccc56)cc4)nc3c2n1. The summed E-state index contributed by atoms with van der Waals surface area (Å²) in [7, 11) is 1.70. The van der Waals surface area contributed by atoms with Crippen LogP contribution in [0.3, 0.4) is 0 Å². The van der Waals surface area contributed by atoms with E-state index in [-0.39, 0.29) is 9.78 Å². The van der Waals surface area contributed by atoms with E-state index in [0.717, 1.165) is 94.4 Å². The van der Waals surface area contributed by atoms with Gasteiger partial charge in [0.2, 0.25) is 0 Å². The molecule has 0 aliphatic heterocycles. The minimum Gasteiger partial charge on any atom is -0.507 e. The molecule has 4 aromatic heterocycles. The van der Waals surface area contributed by atoms with Crippen molar-refractivity contribution in [2.75, 3.05) is 7.11 Å². The van der Waals surface area contributed by atoms with Crippen molar-refractivity contribution in [3.63, 3.8) is 0 Å². The number of pyridine rings is 4. The number of para-hydroxylation sites is 2. The van der Waals surface area contributed by atoms with E-state index in [1.165, 1.54) is 104 Å². The topological polar surface area (TPSA) is 81.0 Å². The van der Waals surface area contributed by atoms with Gasteiger partial charge in [0.25, 0.3) is 0 Å². The van der Waals surface area contributed by atoms with Crippen LogP contribution in [-0.2, 0) is 0 Å². The molecule has 508 valence electrons. The van der Waals surface area contributed by atoms with Gasteiger partial charge in [-0.1, -0.05) is 303 Å². The van der Waals surface area contributed by atoms with Gasteiger partial charge < -0.3 is 9.84 Å². The quantitative estimate of drug-likeness (QED) is 0.0881. The summed E-state index contributed by atoms with van der Waals surface area (Å²) in [6, 6.07) is 124. The summed E-state index contributed by atoms with van der Waals surface area (Å²) in [6.45, 7) is 0. The van der Waals surface area contributed by atoms with Gasteiger partial charge in [0.15, 0.2) is 0 Å². The second-order valence-corrected chi connectivity index (χ2v) is 41.8. The summed E-state index contributed by atoms with van der Waals surface area (Å²) in [5.41, 5.74) is 20.4. The number of benzene rings is 16. The van der Waals surface area contributed by atoms with Gasteiger partial charge in [-0.15, -0.1) is 0 Å². The molecule has 1 N–H and O–H groups in total. The minimum absolute atomic E-state index is 0.183. The van der Waals surface area contributed by atoms with E-state index >= 15 is 0 Å². The highest BCUT2D eigenvalue weighted by Crippen LogP contribution is 2.59. The Kier molecular flexibility index (Phi) is 18.1. The standard InChI is InChI=1S/C49H32N2O.C48H30N2O.Br3P/c1-52-45-20-9-8-18-42(45)44-30-28-35-26-25-34-27-29-43(50-48(34)49(35)51-44)32-21-23-33(24-22-32)46-38-14-4-6-16-40(38)47(41-17-7-5-15-39(41)46)37-19-10-12-31-11-2-3-13-36(31)37;51-44-19-8-7-17-41(44)43-29-27-34-25-24-33-26-28-42(49-47(33)48(34)50-43)31-20-22-32(23-21-31)45-37-13-3-5-15-39(37)46(40-16-6-4-14-38(40)45)36-18-9-11-30-10-1-2-12-35(30)36;1-4(2)3/h2-30H,1H3;1-29,51H;. The predicted molar refractivity (Wildman–Crippen MR) is 465 cm³/mol. The van der Waals surface area contributed by atoms with Gasteiger partial charge in [-0.3, -0.25) is 0 Å². The fourth-order valence-electron chi connectivity index (χ4n) is 15.7. The smallest absolute Gasteiger partial charge is 0.128 e.